The van der Waals surface area contributed by atoms with Gasteiger partial charge < -0.3 is 14.8 Å². The number of ether oxygens (including phenoxy) is 2. The lowest BCUT2D eigenvalue weighted by Gasteiger charge is -2.15. The van der Waals surface area contributed by atoms with Crippen LogP contribution in [0.15, 0.2) is 18.2 Å². The van der Waals surface area contributed by atoms with Gasteiger partial charge in [-0.25, -0.2) is 0 Å². The van der Waals surface area contributed by atoms with E-state index in [0.717, 1.165) is 30.6 Å². The van der Waals surface area contributed by atoms with Crippen molar-refractivity contribution in [2.75, 3.05) is 20.8 Å². The lowest BCUT2D eigenvalue weighted by molar-refractivity contribution is 0.248. The van der Waals surface area contributed by atoms with E-state index in [2.05, 4.69) is 11.4 Å². The Morgan fingerprint density at radius 3 is 2.72 bits per heavy atom. The standard InChI is InChI=1S/C15H23NO2/c1-16-10-13-7-8-14(17-2)9-15(13)18-11-12-5-3-4-6-12/h7-9,12,16H,3-6,10-11H2,1-2H3. The second-order valence-electron chi connectivity index (χ2n) is 4.97. The topological polar surface area (TPSA) is 30.5 Å². The van der Waals surface area contributed by atoms with E-state index in [-0.39, 0.29) is 0 Å². The number of methoxy groups -OCH3 is 1. The second-order valence-corrected chi connectivity index (χ2v) is 4.97. The Bertz CT molecular complexity index is 373. The van der Waals surface area contributed by atoms with Gasteiger partial charge in [0.05, 0.1) is 13.7 Å². The number of hydrogen-bond acceptors (Lipinski definition) is 3. The molecule has 1 N–H and O–H groups in total. The summed E-state index contributed by atoms with van der Waals surface area (Å²) in [5, 5.41) is 3.17. The van der Waals surface area contributed by atoms with Crippen LogP contribution in [0.5, 0.6) is 11.5 Å². The quantitative estimate of drug-likeness (QED) is 0.840. The molecule has 0 saturated heterocycles. The molecule has 1 aromatic rings. The number of nitrogens with one attached hydrogen (secondary N) is 1. The van der Waals surface area contributed by atoms with Gasteiger partial charge in [0, 0.05) is 18.2 Å². The summed E-state index contributed by atoms with van der Waals surface area (Å²) >= 11 is 0. The van der Waals surface area contributed by atoms with Crippen molar-refractivity contribution in [2.45, 2.75) is 32.2 Å². The molecule has 0 radical (unpaired) electrons. The zero-order chi connectivity index (χ0) is 12.8. The molecule has 0 bridgehead atoms. The van der Waals surface area contributed by atoms with Crippen LogP contribution in [0.4, 0.5) is 0 Å². The molecule has 1 aliphatic rings. The van der Waals surface area contributed by atoms with E-state index in [1.165, 1.54) is 31.2 Å². The van der Waals surface area contributed by atoms with E-state index in [0.29, 0.717) is 0 Å². The smallest absolute Gasteiger partial charge is 0.127 e. The van der Waals surface area contributed by atoms with Gasteiger partial charge in [-0.05, 0) is 31.9 Å². The van der Waals surface area contributed by atoms with Crippen molar-refractivity contribution in [3.05, 3.63) is 23.8 Å². The highest BCUT2D eigenvalue weighted by atomic mass is 16.5. The lowest BCUT2D eigenvalue weighted by atomic mass is 10.1. The van der Waals surface area contributed by atoms with Gasteiger partial charge in [-0.15, -0.1) is 0 Å². The molecular weight excluding hydrogens is 226 g/mol. The van der Waals surface area contributed by atoms with Gasteiger partial charge in [-0.2, -0.15) is 0 Å². The molecule has 0 spiro atoms. The zero-order valence-electron chi connectivity index (χ0n) is 11.4. The Balaban J connectivity index is 2.02. The lowest BCUT2D eigenvalue weighted by Crippen LogP contribution is -2.12. The van der Waals surface area contributed by atoms with Crippen LogP contribution in [0.1, 0.15) is 31.2 Å². The van der Waals surface area contributed by atoms with Crippen LogP contribution in [-0.2, 0) is 6.54 Å². The van der Waals surface area contributed by atoms with Crippen LogP contribution in [0.25, 0.3) is 0 Å². The van der Waals surface area contributed by atoms with Crippen molar-refractivity contribution in [1.82, 2.24) is 5.32 Å². The summed E-state index contributed by atoms with van der Waals surface area (Å²) in [4.78, 5) is 0. The van der Waals surface area contributed by atoms with Crippen molar-refractivity contribution in [3.63, 3.8) is 0 Å². The van der Waals surface area contributed by atoms with Crippen molar-refractivity contribution >= 4 is 0 Å². The first kappa shape index (κ1) is 13.2. The Hall–Kier alpha value is -1.22. The molecule has 3 heteroatoms. The second kappa shape index (κ2) is 6.64. The molecule has 18 heavy (non-hydrogen) atoms. The minimum Gasteiger partial charge on any atom is -0.497 e. The zero-order valence-corrected chi connectivity index (χ0v) is 11.4. The summed E-state index contributed by atoms with van der Waals surface area (Å²) in [7, 11) is 3.64. The molecule has 0 aliphatic heterocycles. The SMILES string of the molecule is CNCc1ccc(OC)cc1OCC1CCCC1. The molecule has 1 aromatic carbocycles. The summed E-state index contributed by atoms with van der Waals surface area (Å²) < 4.78 is 11.3. The van der Waals surface area contributed by atoms with Gasteiger partial charge in [0.25, 0.3) is 0 Å². The highest BCUT2D eigenvalue weighted by Crippen LogP contribution is 2.29. The van der Waals surface area contributed by atoms with Gasteiger partial charge in [0.1, 0.15) is 11.5 Å². The summed E-state index contributed by atoms with van der Waals surface area (Å²) in [6.07, 6.45) is 5.33. The first-order valence-electron chi connectivity index (χ1n) is 6.78. The Morgan fingerprint density at radius 1 is 1.28 bits per heavy atom. The molecule has 1 fully saturated rings. The maximum atomic E-state index is 6.00. The molecule has 0 unspecified atom stereocenters. The van der Waals surface area contributed by atoms with Crippen LogP contribution in [-0.4, -0.2) is 20.8 Å². The highest BCUT2D eigenvalue weighted by Gasteiger charge is 2.16. The first-order chi connectivity index (χ1) is 8.83. The molecule has 0 aromatic heterocycles. The highest BCUT2D eigenvalue weighted by molar-refractivity contribution is 5.40. The Kier molecular flexibility index (Phi) is 4.88. The van der Waals surface area contributed by atoms with Gasteiger partial charge in [0.2, 0.25) is 0 Å². The van der Waals surface area contributed by atoms with Crippen LogP contribution in [0, 0.1) is 5.92 Å². The van der Waals surface area contributed by atoms with E-state index in [1.54, 1.807) is 7.11 Å². The fraction of sp³-hybridized carbons (Fsp3) is 0.600. The Labute approximate surface area is 109 Å². The number of benzene rings is 1. The van der Waals surface area contributed by atoms with Crippen LogP contribution in [0.2, 0.25) is 0 Å². The predicted molar refractivity (Wildman–Crippen MR) is 73.2 cm³/mol. The largest absolute Gasteiger partial charge is 0.497 e. The molecule has 0 atom stereocenters. The number of rotatable bonds is 6. The van der Waals surface area contributed by atoms with E-state index in [1.807, 2.05) is 19.2 Å². The van der Waals surface area contributed by atoms with Gasteiger partial charge >= 0.3 is 0 Å². The summed E-state index contributed by atoms with van der Waals surface area (Å²) in [5.41, 5.74) is 1.19. The van der Waals surface area contributed by atoms with Gasteiger partial charge in [-0.3, -0.25) is 0 Å². The van der Waals surface area contributed by atoms with E-state index in [4.69, 9.17) is 9.47 Å². The van der Waals surface area contributed by atoms with Gasteiger partial charge in [0.15, 0.2) is 0 Å². The molecule has 2 rings (SSSR count). The monoisotopic (exact) mass is 249 g/mol. The van der Waals surface area contributed by atoms with Crippen LogP contribution >= 0.6 is 0 Å². The fourth-order valence-corrected chi connectivity index (χ4v) is 2.52. The molecular formula is C15H23NO2. The summed E-state index contributed by atoms with van der Waals surface area (Å²) in [6, 6.07) is 6.04. The van der Waals surface area contributed by atoms with Crippen molar-refractivity contribution < 1.29 is 9.47 Å². The average Bonchev–Trinajstić information content (AvgIpc) is 2.91. The summed E-state index contributed by atoms with van der Waals surface area (Å²) in [5.74, 6) is 2.55. The third-order valence-corrected chi connectivity index (χ3v) is 3.59. The van der Waals surface area contributed by atoms with Gasteiger partial charge in [-0.1, -0.05) is 18.9 Å². The van der Waals surface area contributed by atoms with E-state index in [9.17, 15) is 0 Å². The summed E-state index contributed by atoms with van der Waals surface area (Å²) in [6.45, 7) is 1.66. The normalized spacial score (nSPS) is 15.9. The maximum Gasteiger partial charge on any atom is 0.127 e. The molecule has 0 amide bonds. The minimum atomic E-state index is 0.735. The van der Waals surface area contributed by atoms with Crippen LogP contribution in [0.3, 0.4) is 0 Å². The van der Waals surface area contributed by atoms with Crippen molar-refractivity contribution in [2.24, 2.45) is 5.92 Å². The third kappa shape index (κ3) is 3.39. The predicted octanol–water partition coefficient (Wildman–Crippen LogP) is 2.98. The van der Waals surface area contributed by atoms with Crippen LogP contribution < -0.4 is 14.8 Å². The Morgan fingerprint density at radius 2 is 2.06 bits per heavy atom. The minimum absolute atomic E-state index is 0.735. The fourth-order valence-electron chi connectivity index (χ4n) is 2.52. The first-order valence-corrected chi connectivity index (χ1v) is 6.78. The molecule has 1 saturated carbocycles. The molecule has 3 nitrogen and oxygen atoms in total. The van der Waals surface area contributed by atoms with Crippen molar-refractivity contribution in [3.8, 4) is 11.5 Å². The van der Waals surface area contributed by atoms with E-state index < -0.39 is 0 Å². The number of hydrogen-bond donors (Lipinski definition) is 1. The van der Waals surface area contributed by atoms with E-state index >= 15 is 0 Å². The molecule has 1 aliphatic carbocycles. The maximum absolute atomic E-state index is 6.00. The molecule has 0 heterocycles. The molecule has 100 valence electrons. The van der Waals surface area contributed by atoms with Crippen molar-refractivity contribution in [1.29, 1.82) is 0 Å². The third-order valence-electron chi connectivity index (χ3n) is 3.59. The average molecular weight is 249 g/mol.